The highest BCUT2D eigenvalue weighted by molar-refractivity contribution is 6.32. The number of amides is 7. The number of carbonyl (C=O) groups is 9. The third kappa shape index (κ3) is 16.9. The number of nitrogens with two attached hydrogens (primary N) is 1. The zero-order valence-electron chi connectivity index (χ0n) is 57.4. The summed E-state index contributed by atoms with van der Waals surface area (Å²) in [7, 11) is 3.11. The van der Waals surface area contributed by atoms with Gasteiger partial charge in [0.25, 0.3) is 0 Å². The van der Waals surface area contributed by atoms with Gasteiger partial charge in [-0.25, -0.2) is 4.79 Å². The number of hydrogen-bond donors (Lipinski definition) is 14. The Hall–Kier alpha value is -9.41. The maximum atomic E-state index is 16.2. The lowest BCUT2D eigenvalue weighted by atomic mass is 9.84. The summed E-state index contributed by atoms with van der Waals surface area (Å²) in [4.78, 5) is 139. The van der Waals surface area contributed by atoms with Crippen LogP contribution in [-0.4, -0.2) is 215 Å². The van der Waals surface area contributed by atoms with Crippen LogP contribution in [0.5, 0.6) is 46.0 Å². The minimum absolute atomic E-state index is 0.0237. The average molecular weight is 1490 g/mol. The van der Waals surface area contributed by atoms with E-state index in [4.69, 9.17) is 52.6 Å². The lowest BCUT2D eigenvalue weighted by molar-refractivity contribution is -0.277. The maximum absolute atomic E-state index is 16.2. The van der Waals surface area contributed by atoms with Gasteiger partial charge in [-0.15, -0.1) is 0 Å². The molecule has 31 nitrogen and oxygen atoms in total. The summed E-state index contributed by atoms with van der Waals surface area (Å²) in [6.07, 6.45) is -18.1. The predicted octanol–water partition coefficient (Wildman–Crippen LogP) is 3.18. The van der Waals surface area contributed by atoms with Crippen molar-refractivity contribution in [1.29, 1.82) is 0 Å². The Balaban J connectivity index is 1.20. The van der Waals surface area contributed by atoms with Crippen molar-refractivity contribution in [3.05, 3.63) is 117 Å². The Morgan fingerprint density at radius 3 is 1.91 bits per heavy atom. The van der Waals surface area contributed by atoms with Gasteiger partial charge in [0.2, 0.25) is 47.5 Å². The van der Waals surface area contributed by atoms with Crippen molar-refractivity contribution in [3.63, 3.8) is 0 Å². The van der Waals surface area contributed by atoms with Crippen LogP contribution in [0.15, 0.2) is 78.9 Å². The number of aromatic hydroxyl groups is 3. The first-order valence-corrected chi connectivity index (χ1v) is 34.1. The molecular weight excluding hydrogens is 1400 g/mol. The number of primary amides is 1. The number of likely N-dealkylation sites (N-methyl/N-ethyl adjacent to an activating group) is 2. The number of phenols is 3. The quantitative estimate of drug-likeness (QED) is 0.0903. The van der Waals surface area contributed by atoms with E-state index in [9.17, 15) is 60.3 Å². The molecule has 15 N–H and O–H groups in total. The van der Waals surface area contributed by atoms with Gasteiger partial charge in [0.1, 0.15) is 101 Å². The number of carbonyl (C=O) groups excluding carboxylic acids is 9. The molecule has 0 radical (unpaired) electrons. The molecule has 14 atom stereocenters. The lowest BCUT2D eigenvalue weighted by Crippen LogP contribution is -2.60. The molecule has 7 aliphatic heterocycles. The largest absolute Gasteiger partial charge is 0.508 e. The Morgan fingerprint density at radius 1 is 0.712 bits per heavy atom. The van der Waals surface area contributed by atoms with Crippen molar-refractivity contribution in [2.24, 2.45) is 17.6 Å². The molecule has 104 heavy (non-hydrogen) atoms. The van der Waals surface area contributed by atoms with E-state index in [1.165, 1.54) is 48.3 Å². The van der Waals surface area contributed by atoms with Gasteiger partial charge in [0.05, 0.1) is 28.5 Å². The van der Waals surface area contributed by atoms with Gasteiger partial charge in [-0.05, 0) is 123 Å². The zero-order valence-corrected chi connectivity index (χ0v) is 59.0. The molecule has 0 unspecified atom stereocenters. The van der Waals surface area contributed by atoms with Crippen LogP contribution in [0.1, 0.15) is 118 Å². The van der Waals surface area contributed by atoms with E-state index in [0.29, 0.717) is 13.1 Å². The van der Waals surface area contributed by atoms with Gasteiger partial charge < -0.3 is 106 Å². The van der Waals surface area contributed by atoms with Gasteiger partial charge in [-0.1, -0.05) is 55.2 Å². The normalized spacial score (nSPS) is 25.8. The first-order valence-electron chi connectivity index (χ1n) is 33.3. The Kier molecular flexibility index (Phi) is 23.4. The van der Waals surface area contributed by atoms with Gasteiger partial charge in [0, 0.05) is 69.7 Å². The van der Waals surface area contributed by atoms with Crippen LogP contribution in [0.3, 0.4) is 0 Å². The van der Waals surface area contributed by atoms with Gasteiger partial charge in [-0.3, -0.25) is 43.3 Å². The summed E-state index contributed by atoms with van der Waals surface area (Å²) >= 11 is 14.1. The highest BCUT2D eigenvalue weighted by Gasteiger charge is 2.48. The molecule has 5 aromatic carbocycles. The summed E-state index contributed by atoms with van der Waals surface area (Å²) in [5.74, 6) is -17.6. The lowest BCUT2D eigenvalue weighted by Gasteiger charge is -2.39. The van der Waals surface area contributed by atoms with Crippen molar-refractivity contribution in [2.75, 3.05) is 46.9 Å². The summed E-state index contributed by atoms with van der Waals surface area (Å²) in [6.45, 7) is 8.38. The van der Waals surface area contributed by atoms with Crippen LogP contribution in [0, 0.1) is 11.8 Å². The number of rotatable bonds is 11. The van der Waals surface area contributed by atoms with Gasteiger partial charge in [-0.2, -0.15) is 0 Å². The molecule has 5 aromatic rings. The summed E-state index contributed by atoms with van der Waals surface area (Å²) in [6, 6.07) is 4.96. The van der Waals surface area contributed by atoms with Gasteiger partial charge in [0.15, 0.2) is 23.1 Å². The highest BCUT2D eigenvalue weighted by atomic mass is 35.5. The molecular formula is C71H82Cl2N8O23. The summed E-state index contributed by atoms with van der Waals surface area (Å²) in [5, 5.41) is 113. The second kappa shape index (κ2) is 31.5. The number of ether oxygens (including phenoxy) is 5. The number of ketones is 2. The third-order valence-corrected chi connectivity index (χ3v) is 19.2. The Labute approximate surface area is 605 Å². The number of fused-ring (bicyclic) bond motifs is 15. The number of piperazine rings is 1. The van der Waals surface area contributed by atoms with E-state index >= 15 is 28.8 Å². The van der Waals surface area contributed by atoms with Crippen LogP contribution in [0.4, 0.5) is 4.79 Å². The summed E-state index contributed by atoms with van der Waals surface area (Å²) in [5.41, 5.74) is 2.91. The van der Waals surface area contributed by atoms with E-state index in [-0.39, 0.29) is 85.9 Å². The standard InChI is InChI=1S/C71H82Cl2N8O23/c1-30(2)18-42(80(7)70(99)104-71(3,4)5)66(96)77-56-45(86)22-35(25-52(74)88)64(94)75-54-34-23-49(100-47-12-9-32(58(56)89)20-40(47)72)63(103-69-62(93)61(92)60(91)51(29-82)102-69)50(24-34)101-48-13-10-33(21-41(48)73)59(90)57-67(97)76-55(68(98)81-16-14-79(6)15-17-81)39-26-36(83)27-44(85)53(39)38-19-31(8-11-43(38)84)37(28-46(54)87)65(95)78-57/h8-13,19-21,23-24,26-27,30,35,37,42,51,54-62,69,82-85,89-93H,14-18,22,25,28-29H2,1-7H3,(H2,74,88)(H,75,94)(H,76,97)(H,77,96)(H,78,95)/t35-,37+,42+,51+,54+,55-,56-,57-,58+,59+,60+,61-,62+,69-/m0/s1. The van der Waals surface area contributed by atoms with Crippen LogP contribution in [0.2, 0.25) is 10.0 Å². The number of benzene rings is 5. The SMILES string of the molecule is CC(C)C[C@H](C(=O)N[C@H]1C(=O)C[C@@H](CC(N)=O)C(=O)N[C@H]2C(=O)C[C@H]3C(=O)N[C@H](C(=O)N[C@H](C(=O)N4CCN(C)CC4)c4cc(O)cc(O)c4-c4cc3ccc4O)[C@H](O)c3ccc(c(Cl)c3)Oc3cc2cc(c3O[C@@H]2O[C@H](CO)[C@@H](O)[C@H](O)[C@H]2O)Oc2ccc(cc2Cl)[C@H]1O)N(C)C(=O)OC(C)(C)C. The first-order chi connectivity index (χ1) is 49.0. The van der Waals surface area contributed by atoms with Crippen molar-refractivity contribution in [3.8, 4) is 57.1 Å². The molecule has 558 valence electrons. The van der Waals surface area contributed by atoms with Crippen LogP contribution in [0.25, 0.3) is 11.1 Å². The molecule has 0 aromatic heterocycles. The number of Topliss-reactive ketones (excluding diaryl/α,β-unsaturated/α-hetero) is 2. The van der Waals surface area contributed by atoms with Crippen LogP contribution < -0.4 is 41.2 Å². The third-order valence-electron chi connectivity index (χ3n) is 18.6. The fourth-order valence-electron chi connectivity index (χ4n) is 13.0. The second-order valence-electron chi connectivity index (χ2n) is 27.8. The van der Waals surface area contributed by atoms with Crippen LogP contribution in [-0.2, 0) is 47.8 Å². The van der Waals surface area contributed by atoms with Gasteiger partial charge >= 0.3 is 6.09 Å². The summed E-state index contributed by atoms with van der Waals surface area (Å²) < 4.78 is 30.8. The van der Waals surface area contributed by atoms with Crippen molar-refractivity contribution in [2.45, 2.75) is 145 Å². The number of nitrogens with zero attached hydrogens (tertiary/aromatic N) is 3. The molecule has 0 spiro atoms. The number of halogens is 2. The fourth-order valence-corrected chi connectivity index (χ4v) is 13.4. The number of aliphatic hydroxyl groups excluding tert-OH is 6. The number of nitrogens with one attached hydrogen (secondary N) is 4. The Morgan fingerprint density at radius 2 is 1.33 bits per heavy atom. The van der Waals surface area contributed by atoms with E-state index in [2.05, 4.69) is 21.3 Å². The molecule has 0 aliphatic carbocycles. The highest BCUT2D eigenvalue weighted by Crippen LogP contribution is 2.50. The fraction of sp³-hybridized carbons (Fsp3) is 0.451. The second-order valence-corrected chi connectivity index (χ2v) is 28.6. The van der Waals surface area contributed by atoms with Crippen molar-refractivity contribution < 1.29 is 113 Å². The minimum atomic E-state index is -2.19. The maximum Gasteiger partial charge on any atom is 0.410 e. The molecule has 7 aliphatic rings. The topological polar surface area (TPSA) is 466 Å². The minimum Gasteiger partial charge on any atom is -0.508 e. The van der Waals surface area contributed by atoms with E-state index < -0.39 is 204 Å². The monoisotopic (exact) mass is 1480 g/mol. The smallest absolute Gasteiger partial charge is 0.410 e. The molecule has 12 rings (SSSR count). The predicted molar refractivity (Wildman–Crippen MR) is 367 cm³/mol. The molecule has 7 amide bonds. The van der Waals surface area contributed by atoms with E-state index in [1.807, 2.05) is 11.9 Å². The molecule has 33 heteroatoms. The molecule has 11 bridgehead atoms. The van der Waals surface area contributed by atoms with Crippen molar-refractivity contribution in [1.82, 2.24) is 36.0 Å². The average Bonchev–Trinajstić information content (AvgIpc) is 0.767. The van der Waals surface area contributed by atoms with E-state index in [0.717, 1.165) is 47.4 Å². The molecule has 2 fully saturated rings. The number of phenolic OH excluding ortho intramolecular Hbond substituents is 3. The number of aliphatic hydroxyl groups is 6. The molecule has 2 saturated heterocycles. The zero-order chi connectivity index (χ0) is 75.8. The molecule has 0 saturated carbocycles. The molecule has 7 heterocycles. The van der Waals surface area contributed by atoms with E-state index in [1.54, 1.807) is 34.6 Å². The first kappa shape index (κ1) is 77.2. The Bertz CT molecular complexity index is 4180. The van der Waals surface area contributed by atoms with Crippen molar-refractivity contribution >= 4 is 76.3 Å². The van der Waals surface area contributed by atoms with Crippen LogP contribution >= 0.6 is 23.2 Å². The number of hydrogen-bond acceptors (Lipinski definition) is 24.